The quantitative estimate of drug-likeness (QED) is 0.791. The topological polar surface area (TPSA) is 24.5 Å². The van der Waals surface area contributed by atoms with E-state index in [1.807, 2.05) is 0 Å². The van der Waals surface area contributed by atoms with Gasteiger partial charge in [-0.05, 0) is 51.2 Å². The minimum Gasteiger partial charge on any atom is -0.371 e. The average molecular weight is 308 g/mol. The lowest BCUT2D eigenvalue weighted by Gasteiger charge is -2.38. The van der Waals surface area contributed by atoms with E-state index in [9.17, 15) is 13.2 Å². The van der Waals surface area contributed by atoms with Gasteiger partial charge in [-0.1, -0.05) is 12.8 Å². The van der Waals surface area contributed by atoms with Crippen LogP contribution in [0.5, 0.6) is 0 Å². The van der Waals surface area contributed by atoms with E-state index in [0.29, 0.717) is 18.5 Å². The highest BCUT2D eigenvalue weighted by atomic mass is 19.4. The van der Waals surface area contributed by atoms with E-state index >= 15 is 0 Å². The number of nitrogens with zero attached hydrogens (tertiary/aromatic N) is 1. The number of likely N-dealkylation sites (tertiary alicyclic amines) is 1. The van der Waals surface area contributed by atoms with Crippen molar-refractivity contribution in [2.45, 2.75) is 50.7 Å². The standard InChI is InChI=1S/C15H27F3N2O/c16-15(17,18)12-21-11-10-20-9-3-1-2-4-14(20)13-5-7-19-8-6-13/h13-14,19H,1-12H2. The molecule has 1 unspecified atom stereocenters. The van der Waals surface area contributed by atoms with Crippen LogP contribution in [-0.2, 0) is 4.74 Å². The van der Waals surface area contributed by atoms with Gasteiger partial charge in [0.2, 0.25) is 0 Å². The Morgan fingerprint density at radius 2 is 1.81 bits per heavy atom. The van der Waals surface area contributed by atoms with Crippen molar-refractivity contribution in [3.05, 3.63) is 0 Å². The molecule has 0 amide bonds. The molecule has 6 heteroatoms. The van der Waals surface area contributed by atoms with Crippen molar-refractivity contribution in [2.24, 2.45) is 5.92 Å². The number of hydrogen-bond acceptors (Lipinski definition) is 3. The molecule has 2 heterocycles. The summed E-state index contributed by atoms with van der Waals surface area (Å²) in [6.07, 6.45) is 2.98. The number of piperidine rings is 1. The van der Waals surface area contributed by atoms with Gasteiger partial charge in [-0.3, -0.25) is 4.90 Å². The van der Waals surface area contributed by atoms with Crippen LogP contribution in [-0.4, -0.2) is 56.5 Å². The zero-order valence-corrected chi connectivity index (χ0v) is 12.6. The first kappa shape index (κ1) is 17.0. The molecule has 0 bridgehead atoms. The van der Waals surface area contributed by atoms with Crippen molar-refractivity contribution in [2.75, 3.05) is 39.4 Å². The molecule has 2 rings (SSSR count). The minimum absolute atomic E-state index is 0.182. The number of halogens is 3. The Morgan fingerprint density at radius 3 is 2.52 bits per heavy atom. The lowest BCUT2D eigenvalue weighted by molar-refractivity contribution is -0.175. The van der Waals surface area contributed by atoms with Gasteiger partial charge in [0.1, 0.15) is 6.61 Å². The number of rotatable bonds is 5. The van der Waals surface area contributed by atoms with Gasteiger partial charge in [-0.2, -0.15) is 13.2 Å². The van der Waals surface area contributed by atoms with E-state index in [4.69, 9.17) is 4.74 Å². The molecular formula is C15H27F3N2O. The second-order valence-electron chi connectivity index (χ2n) is 6.21. The summed E-state index contributed by atoms with van der Waals surface area (Å²) in [4.78, 5) is 2.39. The van der Waals surface area contributed by atoms with Crippen LogP contribution in [0.2, 0.25) is 0 Å². The van der Waals surface area contributed by atoms with Crippen molar-refractivity contribution >= 4 is 0 Å². The maximum absolute atomic E-state index is 12.1. The van der Waals surface area contributed by atoms with Gasteiger partial charge in [0.05, 0.1) is 6.61 Å². The summed E-state index contributed by atoms with van der Waals surface area (Å²) in [5, 5.41) is 3.38. The van der Waals surface area contributed by atoms with Gasteiger partial charge < -0.3 is 10.1 Å². The zero-order valence-electron chi connectivity index (χ0n) is 12.6. The second kappa shape index (κ2) is 8.34. The van der Waals surface area contributed by atoms with Gasteiger partial charge in [0.25, 0.3) is 0 Å². The summed E-state index contributed by atoms with van der Waals surface area (Å²) in [6, 6.07) is 0.532. The highest BCUT2D eigenvalue weighted by Gasteiger charge is 2.30. The van der Waals surface area contributed by atoms with E-state index in [2.05, 4.69) is 10.2 Å². The summed E-state index contributed by atoms with van der Waals surface area (Å²) >= 11 is 0. The van der Waals surface area contributed by atoms with E-state index in [1.165, 1.54) is 32.1 Å². The maximum Gasteiger partial charge on any atom is 0.411 e. The summed E-state index contributed by atoms with van der Waals surface area (Å²) in [5.74, 6) is 0.687. The predicted molar refractivity (Wildman–Crippen MR) is 76.3 cm³/mol. The molecule has 0 saturated carbocycles. The first-order chi connectivity index (χ1) is 10.1. The maximum atomic E-state index is 12.1. The Bertz CT molecular complexity index is 293. The zero-order chi connectivity index (χ0) is 15.1. The molecule has 2 fully saturated rings. The van der Waals surface area contributed by atoms with Gasteiger partial charge >= 0.3 is 6.18 Å². The summed E-state index contributed by atoms with van der Waals surface area (Å²) in [7, 11) is 0. The van der Waals surface area contributed by atoms with E-state index in [-0.39, 0.29) is 6.61 Å². The molecule has 2 aliphatic rings. The monoisotopic (exact) mass is 308 g/mol. The molecule has 124 valence electrons. The molecule has 21 heavy (non-hydrogen) atoms. The molecule has 0 spiro atoms. The van der Waals surface area contributed by atoms with Gasteiger partial charge in [0.15, 0.2) is 0 Å². The second-order valence-corrected chi connectivity index (χ2v) is 6.21. The third kappa shape index (κ3) is 6.12. The highest BCUT2D eigenvalue weighted by Crippen LogP contribution is 2.28. The van der Waals surface area contributed by atoms with Crippen molar-refractivity contribution < 1.29 is 17.9 Å². The summed E-state index contributed by atoms with van der Waals surface area (Å²) < 4.78 is 41.1. The molecular weight excluding hydrogens is 281 g/mol. The lowest BCUT2D eigenvalue weighted by atomic mass is 9.87. The Hall–Kier alpha value is -0.330. The van der Waals surface area contributed by atoms with Crippen molar-refractivity contribution in [3.8, 4) is 0 Å². The SMILES string of the molecule is FC(F)(F)COCCN1CCCCCC1C1CCNCC1. The van der Waals surface area contributed by atoms with Gasteiger partial charge in [0, 0.05) is 12.6 Å². The number of ether oxygens (including phenoxy) is 1. The van der Waals surface area contributed by atoms with Crippen molar-refractivity contribution in [3.63, 3.8) is 0 Å². The van der Waals surface area contributed by atoms with Gasteiger partial charge in [-0.15, -0.1) is 0 Å². The van der Waals surface area contributed by atoms with Crippen LogP contribution in [0.1, 0.15) is 38.5 Å². The van der Waals surface area contributed by atoms with Crippen LogP contribution in [0.25, 0.3) is 0 Å². The van der Waals surface area contributed by atoms with Crippen molar-refractivity contribution in [1.82, 2.24) is 10.2 Å². The molecule has 0 aliphatic carbocycles. The molecule has 0 aromatic heterocycles. The smallest absolute Gasteiger partial charge is 0.371 e. The number of hydrogen-bond donors (Lipinski definition) is 1. The molecule has 0 aromatic rings. The predicted octanol–water partition coefficient (Wildman–Crippen LogP) is 2.81. The van der Waals surface area contributed by atoms with Crippen LogP contribution in [0.4, 0.5) is 13.2 Å². The molecule has 3 nitrogen and oxygen atoms in total. The fourth-order valence-corrected chi connectivity index (χ4v) is 3.60. The third-order valence-electron chi connectivity index (χ3n) is 4.63. The molecule has 1 N–H and O–H groups in total. The van der Waals surface area contributed by atoms with Crippen LogP contribution in [0.15, 0.2) is 0 Å². The largest absolute Gasteiger partial charge is 0.411 e. The Labute approximate surface area is 125 Å². The Kier molecular flexibility index (Phi) is 6.76. The summed E-state index contributed by atoms with van der Waals surface area (Å²) in [5.41, 5.74) is 0. The first-order valence-electron chi connectivity index (χ1n) is 8.15. The fourth-order valence-electron chi connectivity index (χ4n) is 3.60. The molecule has 0 radical (unpaired) electrons. The average Bonchev–Trinajstić information content (AvgIpc) is 2.69. The van der Waals surface area contributed by atoms with E-state index < -0.39 is 12.8 Å². The summed E-state index contributed by atoms with van der Waals surface area (Å²) in [6.45, 7) is 2.83. The van der Waals surface area contributed by atoms with E-state index in [0.717, 1.165) is 26.1 Å². The Balaban J connectivity index is 1.80. The normalized spacial score (nSPS) is 26.7. The Morgan fingerprint density at radius 1 is 1.05 bits per heavy atom. The number of nitrogens with one attached hydrogen (secondary N) is 1. The lowest BCUT2D eigenvalue weighted by Crippen LogP contribution is -2.45. The number of alkyl halides is 3. The van der Waals surface area contributed by atoms with Crippen LogP contribution >= 0.6 is 0 Å². The molecule has 2 aliphatic heterocycles. The third-order valence-corrected chi connectivity index (χ3v) is 4.63. The van der Waals surface area contributed by atoms with Crippen molar-refractivity contribution in [1.29, 1.82) is 0 Å². The van der Waals surface area contributed by atoms with Crippen LogP contribution < -0.4 is 5.32 Å². The molecule has 2 saturated heterocycles. The van der Waals surface area contributed by atoms with Gasteiger partial charge in [-0.25, -0.2) is 0 Å². The molecule has 1 atom stereocenters. The van der Waals surface area contributed by atoms with E-state index in [1.54, 1.807) is 0 Å². The van der Waals surface area contributed by atoms with Crippen LogP contribution in [0.3, 0.4) is 0 Å². The highest BCUT2D eigenvalue weighted by molar-refractivity contribution is 4.84. The van der Waals surface area contributed by atoms with Crippen LogP contribution in [0, 0.1) is 5.92 Å². The first-order valence-corrected chi connectivity index (χ1v) is 8.15. The minimum atomic E-state index is -4.22. The molecule has 0 aromatic carbocycles. The fraction of sp³-hybridized carbons (Fsp3) is 1.00.